The van der Waals surface area contributed by atoms with Crippen molar-refractivity contribution in [2.75, 3.05) is 26.3 Å². The lowest BCUT2D eigenvalue weighted by Crippen LogP contribution is -2.44. The molecule has 0 unspecified atom stereocenters. The Kier molecular flexibility index (Phi) is 6.13. The van der Waals surface area contributed by atoms with E-state index >= 15 is 0 Å². The lowest BCUT2D eigenvalue weighted by Gasteiger charge is -2.33. The van der Waals surface area contributed by atoms with E-state index in [0.29, 0.717) is 24.0 Å². The Balaban J connectivity index is 1.48. The normalized spacial score (nSPS) is 16.2. The molecule has 1 aliphatic rings. The van der Waals surface area contributed by atoms with Crippen molar-refractivity contribution in [1.82, 2.24) is 14.9 Å². The number of hydrogen-bond donors (Lipinski definition) is 0. The molecule has 9 heteroatoms. The van der Waals surface area contributed by atoms with Gasteiger partial charge in [0.25, 0.3) is 5.91 Å². The van der Waals surface area contributed by atoms with Gasteiger partial charge < -0.3 is 14.4 Å². The van der Waals surface area contributed by atoms with Crippen molar-refractivity contribution in [3.63, 3.8) is 0 Å². The largest absolute Gasteiger partial charge is 0.481 e. The standard InChI is InChI=1S/C22H18F3N3O3/c23-14-5-6-18(17(25)11-14)31-13-20(29)28-9-10-30-19(12-28)22-21(26-7-8-27-22)15-3-1-2-4-16(15)24/h1-8,11,19H,9-10,12-13H2/t19-/m1/s1. The smallest absolute Gasteiger partial charge is 0.260 e. The van der Waals surface area contributed by atoms with E-state index < -0.39 is 36.1 Å². The molecule has 1 atom stereocenters. The van der Waals surface area contributed by atoms with Crippen LogP contribution in [0.5, 0.6) is 5.75 Å². The Morgan fingerprint density at radius 3 is 2.71 bits per heavy atom. The fraction of sp³-hybridized carbons (Fsp3) is 0.227. The second-order valence-corrected chi connectivity index (χ2v) is 6.83. The van der Waals surface area contributed by atoms with E-state index in [1.54, 1.807) is 18.2 Å². The zero-order chi connectivity index (χ0) is 21.8. The summed E-state index contributed by atoms with van der Waals surface area (Å²) in [5.41, 5.74) is 1.04. The third kappa shape index (κ3) is 4.66. The van der Waals surface area contributed by atoms with Crippen LogP contribution in [0.25, 0.3) is 11.3 Å². The molecule has 3 aromatic rings. The Morgan fingerprint density at radius 2 is 1.90 bits per heavy atom. The molecule has 2 aromatic carbocycles. The second-order valence-electron chi connectivity index (χ2n) is 6.83. The van der Waals surface area contributed by atoms with Gasteiger partial charge in [0.2, 0.25) is 0 Å². The number of nitrogens with zero attached hydrogens (tertiary/aromatic N) is 3. The Bertz CT molecular complexity index is 1100. The van der Waals surface area contributed by atoms with Crippen molar-refractivity contribution in [3.8, 4) is 17.0 Å². The van der Waals surface area contributed by atoms with Gasteiger partial charge in [-0.1, -0.05) is 12.1 Å². The summed E-state index contributed by atoms with van der Waals surface area (Å²) in [6, 6.07) is 9.06. The minimum atomic E-state index is -0.887. The van der Waals surface area contributed by atoms with Crippen molar-refractivity contribution in [1.29, 1.82) is 0 Å². The summed E-state index contributed by atoms with van der Waals surface area (Å²) in [7, 11) is 0. The van der Waals surface area contributed by atoms with Crippen LogP contribution in [0, 0.1) is 17.5 Å². The molecule has 0 N–H and O–H groups in total. The van der Waals surface area contributed by atoms with Gasteiger partial charge in [0, 0.05) is 30.6 Å². The Morgan fingerprint density at radius 1 is 1.10 bits per heavy atom. The van der Waals surface area contributed by atoms with Gasteiger partial charge in [0.1, 0.15) is 17.7 Å². The van der Waals surface area contributed by atoms with Crippen LogP contribution in [-0.4, -0.2) is 47.1 Å². The third-order valence-electron chi connectivity index (χ3n) is 4.82. The van der Waals surface area contributed by atoms with Crippen LogP contribution in [-0.2, 0) is 9.53 Å². The number of benzene rings is 2. The van der Waals surface area contributed by atoms with Crippen LogP contribution in [0.4, 0.5) is 13.2 Å². The van der Waals surface area contributed by atoms with E-state index in [0.717, 1.165) is 12.1 Å². The fourth-order valence-corrected chi connectivity index (χ4v) is 3.31. The molecule has 1 amide bonds. The number of halogens is 3. The molecule has 0 aliphatic carbocycles. The van der Waals surface area contributed by atoms with Crippen molar-refractivity contribution in [2.45, 2.75) is 6.10 Å². The highest BCUT2D eigenvalue weighted by Gasteiger charge is 2.29. The maximum atomic E-state index is 14.3. The summed E-state index contributed by atoms with van der Waals surface area (Å²) in [5, 5.41) is 0. The predicted molar refractivity (Wildman–Crippen MR) is 105 cm³/mol. The summed E-state index contributed by atoms with van der Waals surface area (Å²) in [4.78, 5) is 22.7. The van der Waals surface area contributed by atoms with Crippen LogP contribution in [0.1, 0.15) is 11.8 Å². The van der Waals surface area contributed by atoms with Crippen molar-refractivity contribution < 1.29 is 27.4 Å². The Hall–Kier alpha value is -3.46. The number of aromatic nitrogens is 2. The average Bonchev–Trinajstić information content (AvgIpc) is 2.79. The molecule has 1 saturated heterocycles. The number of ether oxygens (including phenoxy) is 2. The molecular weight excluding hydrogens is 411 g/mol. The summed E-state index contributed by atoms with van der Waals surface area (Å²) < 4.78 is 52.0. The summed E-state index contributed by atoms with van der Waals surface area (Å²) in [6.07, 6.45) is 2.32. The van der Waals surface area contributed by atoms with Gasteiger partial charge in [0.05, 0.1) is 24.5 Å². The maximum absolute atomic E-state index is 14.3. The second kappa shape index (κ2) is 9.13. The van der Waals surface area contributed by atoms with Gasteiger partial charge in [-0.15, -0.1) is 0 Å². The number of hydrogen-bond acceptors (Lipinski definition) is 5. The van der Waals surface area contributed by atoms with Gasteiger partial charge in [-0.05, 0) is 24.3 Å². The molecule has 1 aromatic heterocycles. The van der Waals surface area contributed by atoms with Crippen molar-refractivity contribution in [2.24, 2.45) is 0 Å². The molecule has 6 nitrogen and oxygen atoms in total. The number of carbonyl (C=O) groups excluding carboxylic acids is 1. The van der Waals surface area contributed by atoms with Crippen LogP contribution in [0.3, 0.4) is 0 Å². The molecule has 31 heavy (non-hydrogen) atoms. The van der Waals surface area contributed by atoms with Gasteiger partial charge in [-0.2, -0.15) is 0 Å². The zero-order valence-corrected chi connectivity index (χ0v) is 16.3. The molecule has 2 heterocycles. The molecule has 0 saturated carbocycles. The number of carbonyl (C=O) groups is 1. The van der Waals surface area contributed by atoms with E-state index in [1.165, 1.54) is 23.4 Å². The van der Waals surface area contributed by atoms with Crippen LogP contribution < -0.4 is 4.74 Å². The molecule has 0 spiro atoms. The highest BCUT2D eigenvalue weighted by atomic mass is 19.1. The van der Waals surface area contributed by atoms with Gasteiger partial charge in [-0.3, -0.25) is 14.8 Å². The Labute approximate surface area is 176 Å². The zero-order valence-electron chi connectivity index (χ0n) is 16.3. The number of amides is 1. The summed E-state index contributed by atoms with van der Waals surface area (Å²) >= 11 is 0. The van der Waals surface area contributed by atoms with Gasteiger partial charge in [0.15, 0.2) is 18.2 Å². The third-order valence-corrected chi connectivity index (χ3v) is 4.82. The molecule has 0 radical (unpaired) electrons. The fourth-order valence-electron chi connectivity index (χ4n) is 3.31. The van der Waals surface area contributed by atoms with E-state index in [-0.39, 0.29) is 24.5 Å². The molecule has 1 fully saturated rings. The van der Waals surface area contributed by atoms with E-state index in [4.69, 9.17) is 9.47 Å². The molecule has 4 rings (SSSR count). The first-order valence-corrected chi connectivity index (χ1v) is 9.56. The van der Waals surface area contributed by atoms with Crippen LogP contribution >= 0.6 is 0 Å². The summed E-state index contributed by atoms with van der Waals surface area (Å²) in [6.45, 7) is 0.263. The van der Waals surface area contributed by atoms with E-state index in [2.05, 4.69) is 9.97 Å². The lowest BCUT2D eigenvalue weighted by atomic mass is 10.0. The van der Waals surface area contributed by atoms with Gasteiger partial charge >= 0.3 is 0 Å². The van der Waals surface area contributed by atoms with E-state index in [9.17, 15) is 18.0 Å². The summed E-state index contributed by atoms with van der Waals surface area (Å²) in [5.74, 6) is -2.67. The number of morpholine rings is 1. The molecular formula is C22H18F3N3O3. The minimum absolute atomic E-state index is 0.147. The van der Waals surface area contributed by atoms with Crippen molar-refractivity contribution in [3.05, 3.63) is 78.0 Å². The molecule has 1 aliphatic heterocycles. The monoisotopic (exact) mass is 429 g/mol. The quantitative estimate of drug-likeness (QED) is 0.621. The topological polar surface area (TPSA) is 64.5 Å². The first-order chi connectivity index (χ1) is 15.0. The predicted octanol–water partition coefficient (Wildman–Crippen LogP) is 3.54. The maximum Gasteiger partial charge on any atom is 0.260 e. The first kappa shape index (κ1) is 20.8. The van der Waals surface area contributed by atoms with E-state index in [1.807, 2.05) is 0 Å². The lowest BCUT2D eigenvalue weighted by molar-refractivity contribution is -0.141. The van der Waals surface area contributed by atoms with Crippen molar-refractivity contribution >= 4 is 5.91 Å². The highest BCUT2D eigenvalue weighted by Crippen LogP contribution is 2.30. The van der Waals surface area contributed by atoms with Crippen LogP contribution in [0.2, 0.25) is 0 Å². The number of rotatable bonds is 5. The van der Waals surface area contributed by atoms with Gasteiger partial charge in [-0.25, -0.2) is 13.2 Å². The minimum Gasteiger partial charge on any atom is -0.481 e. The first-order valence-electron chi connectivity index (χ1n) is 9.56. The SMILES string of the molecule is O=C(COc1ccc(F)cc1F)N1CCO[C@@H](c2nccnc2-c2ccccc2F)C1. The van der Waals surface area contributed by atoms with Crippen LogP contribution in [0.15, 0.2) is 54.9 Å². The average molecular weight is 429 g/mol. The molecule has 160 valence electrons. The highest BCUT2D eigenvalue weighted by molar-refractivity contribution is 5.78. The molecule has 0 bridgehead atoms.